The van der Waals surface area contributed by atoms with Crippen LogP contribution >= 0.6 is 0 Å². The Balaban J connectivity index is 1.55. The van der Waals surface area contributed by atoms with Crippen molar-refractivity contribution in [2.75, 3.05) is 33.4 Å². The van der Waals surface area contributed by atoms with Gasteiger partial charge in [0.1, 0.15) is 17.5 Å². The molecule has 3 aliphatic rings. The van der Waals surface area contributed by atoms with Crippen molar-refractivity contribution >= 4 is 17.7 Å². The molecule has 0 unspecified atom stereocenters. The van der Waals surface area contributed by atoms with Crippen molar-refractivity contribution in [3.63, 3.8) is 0 Å². The van der Waals surface area contributed by atoms with Crippen LogP contribution < -0.4 is 10.1 Å². The van der Waals surface area contributed by atoms with Crippen LogP contribution in [0.5, 0.6) is 5.75 Å². The van der Waals surface area contributed by atoms with Gasteiger partial charge in [0.15, 0.2) is 0 Å². The third-order valence-corrected chi connectivity index (χ3v) is 7.11. The van der Waals surface area contributed by atoms with E-state index in [-0.39, 0.29) is 30.2 Å². The Labute approximate surface area is 195 Å². The van der Waals surface area contributed by atoms with Crippen LogP contribution in [0.15, 0.2) is 24.3 Å². The van der Waals surface area contributed by atoms with Crippen LogP contribution in [0.3, 0.4) is 0 Å². The Morgan fingerprint density at radius 3 is 2.36 bits per heavy atom. The Kier molecular flexibility index (Phi) is 6.93. The number of amides is 3. The van der Waals surface area contributed by atoms with E-state index >= 15 is 0 Å². The van der Waals surface area contributed by atoms with Crippen molar-refractivity contribution in [1.29, 1.82) is 0 Å². The highest BCUT2D eigenvalue weighted by Gasteiger charge is 2.54. The topological polar surface area (TPSA) is 88.2 Å². The maximum atomic E-state index is 13.7. The van der Waals surface area contributed by atoms with Crippen LogP contribution in [0.4, 0.5) is 0 Å². The summed E-state index contributed by atoms with van der Waals surface area (Å²) in [7, 11) is 1.58. The first-order valence-corrected chi connectivity index (χ1v) is 12.0. The number of hydrogen-bond acceptors (Lipinski definition) is 5. The molecule has 2 aliphatic heterocycles. The molecule has 1 saturated carbocycles. The van der Waals surface area contributed by atoms with E-state index in [1.807, 2.05) is 18.7 Å². The number of ether oxygens (including phenoxy) is 2. The molecular formula is C25H35N3O5. The predicted octanol–water partition coefficient (Wildman–Crippen LogP) is 2.43. The molecule has 0 bridgehead atoms. The van der Waals surface area contributed by atoms with Crippen LogP contribution in [0.1, 0.15) is 56.3 Å². The van der Waals surface area contributed by atoms with Gasteiger partial charge in [-0.25, -0.2) is 0 Å². The van der Waals surface area contributed by atoms with Gasteiger partial charge in [0, 0.05) is 44.0 Å². The van der Waals surface area contributed by atoms with Crippen LogP contribution in [-0.2, 0) is 14.3 Å². The minimum absolute atomic E-state index is 0.148. The fraction of sp³-hybridized carbons (Fsp3) is 0.640. The van der Waals surface area contributed by atoms with Gasteiger partial charge in [-0.3, -0.25) is 19.3 Å². The van der Waals surface area contributed by atoms with E-state index < -0.39 is 11.8 Å². The lowest BCUT2D eigenvalue weighted by atomic mass is 9.83. The Hall–Kier alpha value is -2.61. The lowest BCUT2D eigenvalue weighted by molar-refractivity contribution is -0.149. The van der Waals surface area contributed by atoms with E-state index in [1.165, 1.54) is 0 Å². The van der Waals surface area contributed by atoms with Gasteiger partial charge in [-0.05, 0) is 43.0 Å². The largest absolute Gasteiger partial charge is 0.497 e. The minimum Gasteiger partial charge on any atom is -0.497 e. The first-order chi connectivity index (χ1) is 15.8. The van der Waals surface area contributed by atoms with Gasteiger partial charge in [0.2, 0.25) is 11.8 Å². The first kappa shape index (κ1) is 23.5. The molecule has 1 aliphatic carbocycles. The molecular weight excluding hydrogens is 422 g/mol. The first-order valence-electron chi connectivity index (χ1n) is 12.0. The summed E-state index contributed by atoms with van der Waals surface area (Å²) in [5, 5.41) is 2.96. The number of nitrogens with zero attached hydrogens (tertiary/aromatic N) is 2. The molecule has 1 aromatic rings. The Morgan fingerprint density at radius 2 is 1.82 bits per heavy atom. The number of piperidine rings is 1. The second kappa shape index (κ2) is 9.71. The molecule has 3 fully saturated rings. The molecule has 180 valence electrons. The molecule has 1 atom stereocenters. The lowest BCUT2D eigenvalue weighted by Gasteiger charge is -2.45. The van der Waals surface area contributed by atoms with E-state index in [9.17, 15) is 14.4 Å². The highest BCUT2D eigenvalue weighted by molar-refractivity contribution is 5.98. The maximum Gasteiger partial charge on any atom is 0.256 e. The van der Waals surface area contributed by atoms with Gasteiger partial charge in [0.05, 0.1) is 13.7 Å². The van der Waals surface area contributed by atoms with Gasteiger partial charge >= 0.3 is 0 Å². The zero-order chi connectivity index (χ0) is 23.6. The van der Waals surface area contributed by atoms with Crippen molar-refractivity contribution in [1.82, 2.24) is 15.1 Å². The van der Waals surface area contributed by atoms with Gasteiger partial charge < -0.3 is 19.7 Å². The molecule has 3 amide bonds. The second-order valence-corrected chi connectivity index (χ2v) is 9.77. The monoisotopic (exact) mass is 457 g/mol. The van der Waals surface area contributed by atoms with Crippen LogP contribution in [0, 0.1) is 11.8 Å². The van der Waals surface area contributed by atoms with Gasteiger partial charge in [-0.2, -0.15) is 0 Å². The molecule has 1 spiro atoms. The van der Waals surface area contributed by atoms with Crippen LogP contribution in [0.2, 0.25) is 0 Å². The number of hydrogen-bond donors (Lipinski definition) is 1. The van der Waals surface area contributed by atoms with E-state index in [2.05, 4.69) is 5.32 Å². The third-order valence-electron chi connectivity index (χ3n) is 7.11. The number of carbonyl (C=O) groups excluding carboxylic acids is 3. The summed E-state index contributed by atoms with van der Waals surface area (Å²) in [6, 6.07) is 6.21. The van der Waals surface area contributed by atoms with Crippen LogP contribution in [-0.4, -0.2) is 72.6 Å². The summed E-state index contributed by atoms with van der Waals surface area (Å²) in [6.45, 7) is 5.81. The maximum absolute atomic E-state index is 13.7. The molecule has 1 N–H and O–H groups in total. The average molecular weight is 458 g/mol. The van der Waals surface area contributed by atoms with E-state index in [4.69, 9.17) is 9.47 Å². The number of carbonyl (C=O) groups is 3. The summed E-state index contributed by atoms with van der Waals surface area (Å²) in [5.41, 5.74) is -0.400. The van der Waals surface area contributed by atoms with Gasteiger partial charge in [0.25, 0.3) is 5.91 Å². The quantitative estimate of drug-likeness (QED) is 0.709. The fourth-order valence-corrected chi connectivity index (χ4v) is 4.85. The standard InChI is InChI=1S/C25H35N3O5/c1-17(2)15-26-22(29)21-16-33-25(11-13-27(14-12-25)23(30)18-5-4-6-18)28(21)24(31)19-7-9-20(32-3)10-8-19/h7-10,17-18,21H,4-6,11-16H2,1-3H3,(H,26,29)/t21-/m1/s1. The van der Waals surface area contributed by atoms with Gasteiger partial charge in [-0.1, -0.05) is 20.3 Å². The number of rotatable bonds is 6. The van der Waals surface area contributed by atoms with Crippen molar-refractivity contribution in [3.05, 3.63) is 29.8 Å². The molecule has 2 heterocycles. The molecule has 0 radical (unpaired) electrons. The Morgan fingerprint density at radius 1 is 1.15 bits per heavy atom. The smallest absolute Gasteiger partial charge is 0.256 e. The average Bonchev–Trinajstić information content (AvgIpc) is 3.14. The van der Waals surface area contributed by atoms with Crippen molar-refractivity contribution in [2.24, 2.45) is 11.8 Å². The summed E-state index contributed by atoms with van der Waals surface area (Å²) in [5.74, 6) is 0.891. The number of likely N-dealkylation sites (tertiary alicyclic amines) is 1. The van der Waals surface area contributed by atoms with E-state index in [0.29, 0.717) is 49.7 Å². The molecule has 2 saturated heterocycles. The number of benzene rings is 1. The highest BCUT2D eigenvalue weighted by Crippen LogP contribution is 2.39. The van der Waals surface area contributed by atoms with Crippen LogP contribution in [0.25, 0.3) is 0 Å². The zero-order valence-corrected chi connectivity index (χ0v) is 19.8. The molecule has 8 nitrogen and oxygen atoms in total. The van der Waals surface area contributed by atoms with Crippen molar-refractivity contribution in [3.8, 4) is 5.75 Å². The highest BCUT2D eigenvalue weighted by atomic mass is 16.5. The predicted molar refractivity (Wildman–Crippen MR) is 123 cm³/mol. The molecule has 0 aromatic heterocycles. The second-order valence-electron chi connectivity index (χ2n) is 9.77. The molecule has 4 rings (SSSR count). The minimum atomic E-state index is -0.882. The summed E-state index contributed by atoms with van der Waals surface area (Å²) >= 11 is 0. The SMILES string of the molecule is COc1ccc(C(=O)N2[C@@H](C(=O)NCC(C)C)COC23CCN(C(=O)C2CCC2)CC3)cc1. The summed E-state index contributed by atoms with van der Waals surface area (Å²) in [6.07, 6.45) is 4.06. The zero-order valence-electron chi connectivity index (χ0n) is 19.8. The normalized spacial score (nSPS) is 22.4. The van der Waals surface area contributed by atoms with Crippen molar-refractivity contribution in [2.45, 2.75) is 57.7 Å². The summed E-state index contributed by atoms with van der Waals surface area (Å²) in [4.78, 5) is 43.0. The summed E-state index contributed by atoms with van der Waals surface area (Å²) < 4.78 is 11.4. The number of nitrogens with one attached hydrogen (secondary N) is 1. The Bertz CT molecular complexity index is 873. The number of methoxy groups -OCH3 is 1. The van der Waals surface area contributed by atoms with E-state index in [0.717, 1.165) is 19.3 Å². The van der Waals surface area contributed by atoms with E-state index in [1.54, 1.807) is 36.3 Å². The van der Waals surface area contributed by atoms with Crippen molar-refractivity contribution < 1.29 is 23.9 Å². The molecule has 33 heavy (non-hydrogen) atoms. The fourth-order valence-electron chi connectivity index (χ4n) is 4.85. The molecule has 1 aromatic carbocycles. The molecule has 8 heteroatoms. The lowest BCUT2D eigenvalue weighted by Crippen LogP contribution is -2.60. The van der Waals surface area contributed by atoms with Gasteiger partial charge in [-0.15, -0.1) is 0 Å². The third kappa shape index (κ3) is 4.71.